The molecule has 0 atom stereocenters. The molecule has 4 heterocycles. The Morgan fingerprint density at radius 2 is 0.900 bits per heavy atom. The van der Waals surface area contributed by atoms with Gasteiger partial charge in [0.2, 0.25) is 0 Å². The van der Waals surface area contributed by atoms with Gasteiger partial charge in [-0.1, -0.05) is 176 Å². The third kappa shape index (κ3) is 4.77. The third-order valence-corrected chi connectivity index (χ3v) is 13.8. The van der Waals surface area contributed by atoms with Crippen LogP contribution in [-0.4, -0.2) is 15.0 Å². The van der Waals surface area contributed by atoms with Gasteiger partial charge in [0.05, 0.1) is 39.0 Å². The van der Waals surface area contributed by atoms with E-state index in [1.807, 2.05) is 17.8 Å². The van der Waals surface area contributed by atoms with Gasteiger partial charge in [-0.2, -0.15) is 0 Å². The highest BCUT2D eigenvalue weighted by molar-refractivity contribution is 7.99. The Balaban J connectivity index is 0.999. The van der Waals surface area contributed by atoms with E-state index in [-0.39, 0.29) is 0 Å². The van der Waals surface area contributed by atoms with Crippen molar-refractivity contribution in [3.63, 3.8) is 0 Å². The number of pyridine rings is 3. The average molecular weight is 780 g/mol. The van der Waals surface area contributed by atoms with Crippen LogP contribution in [0.4, 0.5) is 0 Å². The minimum atomic E-state index is -0.464. The molecule has 278 valence electrons. The van der Waals surface area contributed by atoms with E-state index in [0.29, 0.717) is 0 Å². The lowest BCUT2D eigenvalue weighted by Gasteiger charge is -2.40. The molecule has 8 aromatic carbocycles. The molecule has 11 aromatic rings. The Morgan fingerprint density at radius 1 is 0.350 bits per heavy atom. The van der Waals surface area contributed by atoms with Crippen LogP contribution in [0.25, 0.3) is 88.4 Å². The fourth-order valence-electron chi connectivity index (χ4n) is 10.0. The van der Waals surface area contributed by atoms with Crippen molar-refractivity contribution < 1.29 is 0 Å². The van der Waals surface area contributed by atoms with Crippen LogP contribution in [0.1, 0.15) is 22.3 Å². The Kier molecular flexibility index (Phi) is 7.16. The van der Waals surface area contributed by atoms with Crippen LogP contribution in [0.5, 0.6) is 0 Å². The predicted octanol–water partition coefficient (Wildman–Crippen LogP) is 14.3. The van der Waals surface area contributed by atoms with Crippen LogP contribution in [0, 0.1) is 0 Å². The van der Waals surface area contributed by atoms with Gasteiger partial charge in [0.25, 0.3) is 0 Å². The van der Waals surface area contributed by atoms with Crippen molar-refractivity contribution in [3.05, 3.63) is 222 Å². The molecule has 1 spiro atoms. The van der Waals surface area contributed by atoms with Crippen LogP contribution < -0.4 is 0 Å². The first kappa shape index (κ1) is 33.6. The molecule has 2 aliphatic rings. The number of hydrogen-bond donors (Lipinski definition) is 0. The molecule has 0 bridgehead atoms. The maximum Gasteiger partial charge on any atom is 0.0972 e. The summed E-state index contributed by atoms with van der Waals surface area (Å²) in [6.45, 7) is 0. The Hall–Kier alpha value is -7.40. The van der Waals surface area contributed by atoms with Gasteiger partial charge in [-0.3, -0.25) is 0 Å². The van der Waals surface area contributed by atoms with E-state index in [4.69, 9.17) is 15.0 Å². The Morgan fingerprint density at radius 3 is 1.60 bits per heavy atom. The van der Waals surface area contributed by atoms with Gasteiger partial charge >= 0.3 is 0 Å². The van der Waals surface area contributed by atoms with Crippen molar-refractivity contribution in [1.29, 1.82) is 0 Å². The lowest BCUT2D eigenvalue weighted by atomic mass is 9.67. The van der Waals surface area contributed by atoms with E-state index in [0.717, 1.165) is 71.9 Å². The SMILES string of the molecule is c1ccc(-c2ccc3ccc4ccc(-c5ccc(-c6nc7ccccc7c7cc8c(cc67)C6(c7ccccc7S8)c7ccccc7-c7ccccc76)cc5)nc4c3n2)cc1. The summed E-state index contributed by atoms with van der Waals surface area (Å²) in [4.78, 5) is 18.4. The summed E-state index contributed by atoms with van der Waals surface area (Å²) in [5.41, 5.74) is 16.3. The Bertz CT molecular complexity index is 3530. The summed E-state index contributed by atoms with van der Waals surface area (Å²) in [5, 5.41) is 5.67. The Labute approximate surface area is 351 Å². The van der Waals surface area contributed by atoms with E-state index in [2.05, 4.69) is 194 Å². The molecule has 0 N–H and O–H groups in total. The topological polar surface area (TPSA) is 38.7 Å². The molecule has 4 heteroatoms. The fourth-order valence-corrected chi connectivity index (χ4v) is 11.2. The minimum Gasteiger partial charge on any atom is -0.247 e. The summed E-state index contributed by atoms with van der Waals surface area (Å²) in [5.74, 6) is 0. The van der Waals surface area contributed by atoms with E-state index in [1.165, 1.54) is 48.6 Å². The van der Waals surface area contributed by atoms with Crippen molar-refractivity contribution in [1.82, 2.24) is 15.0 Å². The summed E-state index contributed by atoms with van der Waals surface area (Å²) in [6.07, 6.45) is 0. The van der Waals surface area contributed by atoms with Gasteiger partial charge in [0.15, 0.2) is 0 Å². The van der Waals surface area contributed by atoms with Gasteiger partial charge in [0.1, 0.15) is 0 Å². The summed E-state index contributed by atoms with van der Waals surface area (Å²) >= 11 is 1.89. The van der Waals surface area contributed by atoms with E-state index >= 15 is 0 Å². The molecular weight excluding hydrogens is 747 g/mol. The lowest BCUT2D eigenvalue weighted by molar-refractivity contribution is 0.724. The van der Waals surface area contributed by atoms with Crippen LogP contribution in [-0.2, 0) is 5.41 Å². The first-order chi connectivity index (χ1) is 29.7. The molecular formula is C56H33N3S. The van der Waals surface area contributed by atoms with Gasteiger partial charge in [0, 0.05) is 48.0 Å². The van der Waals surface area contributed by atoms with Crippen molar-refractivity contribution in [2.75, 3.05) is 0 Å². The minimum absolute atomic E-state index is 0.464. The number of para-hydroxylation sites is 1. The van der Waals surface area contributed by atoms with Gasteiger partial charge in [-0.05, 0) is 75.2 Å². The molecule has 13 rings (SSSR count). The molecule has 0 unspecified atom stereocenters. The number of nitrogens with zero attached hydrogens (tertiary/aromatic N) is 3. The van der Waals surface area contributed by atoms with Crippen LogP contribution in [0.3, 0.4) is 0 Å². The van der Waals surface area contributed by atoms with Crippen LogP contribution in [0.15, 0.2) is 210 Å². The average Bonchev–Trinajstić information content (AvgIpc) is 3.61. The molecule has 0 saturated heterocycles. The predicted molar refractivity (Wildman–Crippen MR) is 248 cm³/mol. The first-order valence-electron chi connectivity index (χ1n) is 20.4. The number of fused-ring (bicyclic) bond motifs is 15. The van der Waals surface area contributed by atoms with Crippen molar-refractivity contribution in [2.24, 2.45) is 0 Å². The zero-order chi connectivity index (χ0) is 39.4. The monoisotopic (exact) mass is 779 g/mol. The van der Waals surface area contributed by atoms with Gasteiger partial charge < -0.3 is 0 Å². The molecule has 3 aromatic heterocycles. The smallest absolute Gasteiger partial charge is 0.0972 e. The van der Waals surface area contributed by atoms with E-state index in [9.17, 15) is 0 Å². The number of rotatable bonds is 3. The summed E-state index contributed by atoms with van der Waals surface area (Å²) < 4.78 is 0. The fraction of sp³-hybridized carbons (Fsp3) is 0.0179. The zero-order valence-electron chi connectivity index (χ0n) is 32.3. The molecule has 1 aliphatic heterocycles. The zero-order valence-corrected chi connectivity index (χ0v) is 33.1. The lowest BCUT2D eigenvalue weighted by Crippen LogP contribution is -2.32. The van der Waals surface area contributed by atoms with E-state index < -0.39 is 5.41 Å². The number of aromatic nitrogens is 3. The van der Waals surface area contributed by atoms with Gasteiger partial charge in [-0.15, -0.1) is 0 Å². The summed E-state index contributed by atoms with van der Waals surface area (Å²) in [7, 11) is 0. The summed E-state index contributed by atoms with van der Waals surface area (Å²) in [6, 6.07) is 72.5. The number of hydrogen-bond acceptors (Lipinski definition) is 4. The van der Waals surface area contributed by atoms with Crippen molar-refractivity contribution in [3.8, 4) is 44.9 Å². The molecule has 0 amide bonds. The molecule has 0 fully saturated rings. The first-order valence-corrected chi connectivity index (χ1v) is 21.2. The highest BCUT2D eigenvalue weighted by atomic mass is 32.2. The van der Waals surface area contributed by atoms with E-state index in [1.54, 1.807) is 0 Å². The molecule has 0 saturated carbocycles. The van der Waals surface area contributed by atoms with Crippen LogP contribution in [0.2, 0.25) is 0 Å². The highest BCUT2D eigenvalue weighted by Gasteiger charge is 2.50. The largest absolute Gasteiger partial charge is 0.247 e. The quantitative estimate of drug-likeness (QED) is 0.167. The van der Waals surface area contributed by atoms with Crippen LogP contribution >= 0.6 is 11.8 Å². The number of benzene rings is 8. The highest BCUT2D eigenvalue weighted by Crippen LogP contribution is 2.62. The second kappa shape index (κ2) is 12.8. The van der Waals surface area contributed by atoms with Crippen molar-refractivity contribution >= 4 is 55.2 Å². The molecule has 3 nitrogen and oxygen atoms in total. The molecule has 1 aliphatic carbocycles. The molecule has 60 heavy (non-hydrogen) atoms. The van der Waals surface area contributed by atoms with Gasteiger partial charge in [-0.25, -0.2) is 15.0 Å². The van der Waals surface area contributed by atoms with Crippen molar-refractivity contribution in [2.45, 2.75) is 15.2 Å². The maximum absolute atomic E-state index is 5.45. The molecule has 0 radical (unpaired) electrons. The normalized spacial score (nSPS) is 13.4. The third-order valence-electron chi connectivity index (χ3n) is 12.7. The second-order valence-electron chi connectivity index (χ2n) is 15.9. The maximum atomic E-state index is 5.45. The standard InChI is InChI=1S/C56H33N3S/c1-2-12-34(13-3-1)48-30-28-37-26-27-38-29-31-49(58-55(38)54(37)57-48)35-22-24-36(25-23-35)53-43-32-47-52(33-42(43)41-16-6-10-20-50(41)59-53)60-51-21-11-9-19-46(51)56(47)44-17-7-4-14-39(44)40-15-5-8-18-45(40)56/h1-33H. The second-order valence-corrected chi connectivity index (χ2v) is 16.9.